The maximum absolute atomic E-state index is 4.81. The fraction of sp³-hybridized carbons (Fsp3) is 0.417. The lowest BCUT2D eigenvalue weighted by atomic mass is 9.83. The van der Waals surface area contributed by atoms with Gasteiger partial charge in [-0.05, 0) is 60.9 Å². The van der Waals surface area contributed by atoms with Gasteiger partial charge in [0.2, 0.25) is 0 Å². The van der Waals surface area contributed by atoms with E-state index < -0.39 is 0 Å². The van der Waals surface area contributed by atoms with Crippen molar-refractivity contribution >= 4 is 21.7 Å². The van der Waals surface area contributed by atoms with Crippen molar-refractivity contribution in [1.29, 1.82) is 0 Å². The van der Waals surface area contributed by atoms with E-state index in [4.69, 9.17) is 4.98 Å². The first-order chi connectivity index (χ1) is 15.3. The van der Waals surface area contributed by atoms with Gasteiger partial charge in [0, 0.05) is 23.7 Å². The summed E-state index contributed by atoms with van der Waals surface area (Å²) in [6, 6.07) is 8.85. The van der Waals surface area contributed by atoms with Crippen molar-refractivity contribution in [3.8, 4) is 22.4 Å². The Morgan fingerprint density at radius 2 is 2.03 bits per heavy atom. The van der Waals surface area contributed by atoms with Gasteiger partial charge in [-0.3, -0.25) is 5.10 Å². The van der Waals surface area contributed by atoms with Crippen LogP contribution in [0.25, 0.3) is 32.7 Å². The van der Waals surface area contributed by atoms with Gasteiger partial charge < -0.3 is 5.32 Å². The molecule has 6 nitrogen and oxygen atoms in total. The lowest BCUT2D eigenvalue weighted by molar-refractivity contribution is 0.226. The molecule has 2 N–H and O–H groups in total. The van der Waals surface area contributed by atoms with Gasteiger partial charge in [0.15, 0.2) is 5.65 Å². The molecule has 4 aromatic rings. The molecule has 2 fully saturated rings. The van der Waals surface area contributed by atoms with E-state index in [1.165, 1.54) is 41.0 Å². The summed E-state index contributed by atoms with van der Waals surface area (Å²) in [5.74, 6) is 2.11. The van der Waals surface area contributed by atoms with Gasteiger partial charge in [-0.2, -0.15) is 5.10 Å². The lowest BCUT2D eigenvalue weighted by Gasteiger charge is -2.33. The Hall–Kier alpha value is -2.64. The highest BCUT2D eigenvalue weighted by molar-refractivity contribution is 7.18. The van der Waals surface area contributed by atoms with Crippen LogP contribution in [0, 0.1) is 11.8 Å². The Balaban J connectivity index is 1.33. The highest BCUT2D eigenvalue weighted by Gasteiger charge is 2.28. The van der Waals surface area contributed by atoms with Crippen LogP contribution in [0.15, 0.2) is 36.7 Å². The number of aromatic nitrogens is 5. The number of aromatic amines is 1. The van der Waals surface area contributed by atoms with Crippen LogP contribution in [0.5, 0.6) is 0 Å². The van der Waals surface area contributed by atoms with Crippen molar-refractivity contribution in [3.05, 3.63) is 47.2 Å². The lowest BCUT2D eigenvalue weighted by Crippen LogP contribution is -2.46. The Morgan fingerprint density at radius 1 is 1.13 bits per heavy atom. The predicted octanol–water partition coefficient (Wildman–Crippen LogP) is 4.81. The SMILES string of the molecule is CCC(Cc1nc2nnc(-c3ccc(-c4cn[nH]c4)cc3C3CC3)cc2s1)C1CNC1. The highest BCUT2D eigenvalue weighted by Crippen LogP contribution is 2.45. The molecule has 0 amide bonds. The zero-order valence-electron chi connectivity index (χ0n) is 17.6. The average molecular weight is 431 g/mol. The standard InChI is InChI=1S/C24H26N6S/c1-2-14(17-10-25-11-17)8-23-28-24-22(31-23)9-21(29-30-24)19-6-5-16(18-12-26-27-13-18)7-20(19)15-3-4-15/h5-7,9,12-15,17,25H,2-4,8,10-11H2,1H3,(H,26,27). The molecule has 7 heteroatoms. The number of hydrogen-bond donors (Lipinski definition) is 2. The molecule has 1 atom stereocenters. The summed E-state index contributed by atoms with van der Waals surface area (Å²) in [7, 11) is 0. The van der Waals surface area contributed by atoms with Crippen LogP contribution in [0.2, 0.25) is 0 Å². The molecule has 3 aromatic heterocycles. The first-order valence-electron chi connectivity index (χ1n) is 11.3. The van der Waals surface area contributed by atoms with Crippen LogP contribution >= 0.6 is 11.3 Å². The number of benzene rings is 1. The van der Waals surface area contributed by atoms with E-state index >= 15 is 0 Å². The number of nitrogens with one attached hydrogen (secondary N) is 2. The summed E-state index contributed by atoms with van der Waals surface area (Å²) in [5.41, 5.74) is 6.64. The molecule has 1 saturated heterocycles. The van der Waals surface area contributed by atoms with Crippen LogP contribution in [-0.4, -0.2) is 38.5 Å². The summed E-state index contributed by atoms with van der Waals surface area (Å²) >= 11 is 1.79. The first-order valence-corrected chi connectivity index (χ1v) is 12.1. The Labute approximate surface area is 185 Å². The maximum Gasteiger partial charge on any atom is 0.192 e. The Bertz CT molecular complexity index is 1210. The number of hydrogen-bond acceptors (Lipinski definition) is 6. The third-order valence-electron chi connectivity index (χ3n) is 6.82. The van der Waals surface area contributed by atoms with Crippen molar-refractivity contribution in [3.63, 3.8) is 0 Å². The monoisotopic (exact) mass is 430 g/mol. The maximum atomic E-state index is 4.81. The van der Waals surface area contributed by atoms with Crippen LogP contribution in [0.4, 0.5) is 0 Å². The summed E-state index contributed by atoms with van der Waals surface area (Å²) in [6.45, 7) is 4.58. The van der Waals surface area contributed by atoms with Gasteiger partial charge in [-0.15, -0.1) is 21.5 Å². The van der Waals surface area contributed by atoms with Crippen molar-refractivity contribution < 1.29 is 0 Å². The second kappa shape index (κ2) is 7.80. The molecule has 1 aliphatic carbocycles. The van der Waals surface area contributed by atoms with E-state index in [2.05, 4.69) is 56.9 Å². The molecule has 1 unspecified atom stereocenters. The van der Waals surface area contributed by atoms with Crippen LogP contribution in [0.1, 0.15) is 42.7 Å². The van der Waals surface area contributed by atoms with Gasteiger partial charge in [-0.25, -0.2) is 4.98 Å². The molecule has 0 bridgehead atoms. The van der Waals surface area contributed by atoms with Gasteiger partial charge in [0.1, 0.15) is 0 Å². The van der Waals surface area contributed by atoms with Gasteiger partial charge in [-0.1, -0.05) is 31.5 Å². The average Bonchev–Trinajstić information content (AvgIpc) is 3.29. The molecule has 6 rings (SSSR count). The Kier molecular flexibility index (Phi) is 4.80. The second-order valence-corrected chi connectivity index (χ2v) is 9.99. The molecule has 31 heavy (non-hydrogen) atoms. The van der Waals surface area contributed by atoms with E-state index in [0.717, 1.165) is 47.0 Å². The molecule has 1 aliphatic heterocycles. The molecule has 4 heterocycles. The number of thiazole rings is 1. The molecular formula is C24H26N6S. The van der Waals surface area contributed by atoms with Crippen molar-refractivity contribution in [2.45, 2.75) is 38.5 Å². The first kappa shape index (κ1) is 19.1. The van der Waals surface area contributed by atoms with E-state index in [1.54, 1.807) is 11.3 Å². The van der Waals surface area contributed by atoms with Gasteiger partial charge in [0.25, 0.3) is 0 Å². The summed E-state index contributed by atoms with van der Waals surface area (Å²) in [6.07, 6.45) is 8.56. The smallest absolute Gasteiger partial charge is 0.192 e. The van der Waals surface area contributed by atoms with Crippen LogP contribution < -0.4 is 5.32 Å². The number of H-pyrrole nitrogens is 1. The third kappa shape index (κ3) is 3.66. The second-order valence-electron chi connectivity index (χ2n) is 8.88. The molecule has 2 aliphatic rings. The van der Waals surface area contributed by atoms with Gasteiger partial charge >= 0.3 is 0 Å². The quantitative estimate of drug-likeness (QED) is 0.440. The van der Waals surface area contributed by atoms with E-state index in [0.29, 0.717) is 11.8 Å². The van der Waals surface area contributed by atoms with E-state index in [-0.39, 0.29) is 0 Å². The van der Waals surface area contributed by atoms with Crippen LogP contribution in [-0.2, 0) is 6.42 Å². The zero-order chi connectivity index (χ0) is 20.8. The van der Waals surface area contributed by atoms with E-state index in [1.807, 2.05) is 12.4 Å². The summed E-state index contributed by atoms with van der Waals surface area (Å²) in [4.78, 5) is 4.81. The Morgan fingerprint density at radius 3 is 2.74 bits per heavy atom. The normalized spacial score (nSPS) is 17.7. The highest BCUT2D eigenvalue weighted by atomic mass is 32.1. The van der Waals surface area contributed by atoms with Crippen molar-refractivity contribution in [2.24, 2.45) is 11.8 Å². The third-order valence-corrected chi connectivity index (χ3v) is 7.83. The minimum atomic E-state index is 0.623. The minimum absolute atomic E-state index is 0.623. The molecule has 0 spiro atoms. The topological polar surface area (TPSA) is 79.4 Å². The minimum Gasteiger partial charge on any atom is -0.316 e. The molecular weight excluding hydrogens is 404 g/mol. The summed E-state index contributed by atoms with van der Waals surface area (Å²) < 4.78 is 1.14. The fourth-order valence-electron chi connectivity index (χ4n) is 4.64. The van der Waals surface area contributed by atoms with Crippen molar-refractivity contribution in [1.82, 2.24) is 30.7 Å². The van der Waals surface area contributed by atoms with Crippen LogP contribution in [0.3, 0.4) is 0 Å². The zero-order valence-corrected chi connectivity index (χ0v) is 18.5. The number of rotatable bonds is 7. The molecule has 1 aromatic carbocycles. The molecule has 158 valence electrons. The van der Waals surface area contributed by atoms with Gasteiger partial charge in [0.05, 0.1) is 21.6 Å². The van der Waals surface area contributed by atoms with E-state index in [9.17, 15) is 0 Å². The number of nitrogens with zero attached hydrogens (tertiary/aromatic N) is 4. The predicted molar refractivity (Wildman–Crippen MR) is 124 cm³/mol. The number of fused-ring (bicyclic) bond motifs is 1. The summed E-state index contributed by atoms with van der Waals surface area (Å²) in [5, 5.41) is 20.7. The molecule has 1 saturated carbocycles. The molecule has 0 radical (unpaired) electrons. The van der Waals surface area contributed by atoms with Crippen molar-refractivity contribution in [2.75, 3.05) is 13.1 Å². The largest absolute Gasteiger partial charge is 0.316 e. The fourth-order valence-corrected chi connectivity index (χ4v) is 5.67.